The Hall–Kier alpha value is -1.54. The molecular weight excluding hydrogens is 365 g/mol. The van der Waals surface area contributed by atoms with Crippen LogP contribution in [0.3, 0.4) is 0 Å². The molecule has 2 heterocycles. The second kappa shape index (κ2) is 6.27. The van der Waals surface area contributed by atoms with E-state index >= 15 is 0 Å². The summed E-state index contributed by atoms with van der Waals surface area (Å²) in [5, 5.41) is 0.475. The molecule has 2 aromatic rings. The first kappa shape index (κ1) is 17.9. The van der Waals surface area contributed by atoms with Crippen molar-refractivity contribution in [2.24, 2.45) is 5.92 Å². The Labute approximate surface area is 150 Å². The number of aromatic amines is 1. The van der Waals surface area contributed by atoms with Gasteiger partial charge in [-0.25, -0.2) is 21.6 Å². The topological polar surface area (TPSA) is 53.2 Å². The summed E-state index contributed by atoms with van der Waals surface area (Å²) >= 11 is 0. The monoisotopic (exact) mass is 386 g/mol. The van der Waals surface area contributed by atoms with Gasteiger partial charge in [-0.1, -0.05) is 0 Å². The number of benzene rings is 1. The minimum Gasteiger partial charge on any atom is -0.342 e. The number of aryl methyl sites for hydroxylation is 1. The van der Waals surface area contributed by atoms with Gasteiger partial charge in [0.05, 0.1) is 5.52 Å². The maximum Gasteiger partial charge on any atom is 0.258 e. The molecule has 4 nitrogen and oxygen atoms in total. The number of fused-ring (bicyclic) bond motifs is 1. The zero-order valence-electron chi connectivity index (χ0n) is 14.4. The average molecular weight is 386 g/mol. The van der Waals surface area contributed by atoms with Crippen LogP contribution in [0, 0.1) is 18.7 Å². The number of nitrogens with zero attached hydrogens (tertiary/aromatic N) is 1. The van der Waals surface area contributed by atoms with Crippen molar-refractivity contribution in [3.05, 3.63) is 29.1 Å². The Balaban J connectivity index is 1.78. The highest BCUT2D eigenvalue weighted by molar-refractivity contribution is 7.89. The van der Waals surface area contributed by atoms with Gasteiger partial charge in [-0.15, -0.1) is 0 Å². The summed E-state index contributed by atoms with van der Waals surface area (Å²) in [5.41, 5.74) is 1.61. The molecule has 1 aromatic carbocycles. The molecule has 1 aromatic heterocycles. The molecule has 1 saturated carbocycles. The Bertz CT molecular complexity index is 943. The van der Waals surface area contributed by atoms with E-state index in [1.165, 1.54) is 16.4 Å². The number of H-pyrrole nitrogens is 1. The van der Waals surface area contributed by atoms with Crippen LogP contribution in [0.4, 0.5) is 13.2 Å². The van der Waals surface area contributed by atoms with Gasteiger partial charge in [0.15, 0.2) is 0 Å². The van der Waals surface area contributed by atoms with E-state index in [0.717, 1.165) is 18.4 Å². The third-order valence-electron chi connectivity index (χ3n) is 5.71. The number of rotatable bonds is 4. The highest BCUT2D eigenvalue weighted by Crippen LogP contribution is 2.48. The molecule has 1 N–H and O–H groups in total. The maximum atomic E-state index is 14.4. The van der Waals surface area contributed by atoms with Gasteiger partial charge in [-0.05, 0) is 61.8 Å². The first-order valence-corrected chi connectivity index (χ1v) is 10.3. The van der Waals surface area contributed by atoms with E-state index < -0.39 is 28.2 Å². The Morgan fingerprint density at radius 3 is 2.46 bits per heavy atom. The van der Waals surface area contributed by atoms with Crippen LogP contribution in [-0.4, -0.2) is 37.2 Å². The molecule has 0 atom stereocenters. The van der Waals surface area contributed by atoms with Crippen molar-refractivity contribution in [3.63, 3.8) is 0 Å². The van der Waals surface area contributed by atoms with Gasteiger partial charge in [0.2, 0.25) is 6.43 Å². The summed E-state index contributed by atoms with van der Waals surface area (Å²) < 4.78 is 67.1. The number of nitrogens with one attached hydrogen (secondary N) is 1. The molecule has 0 unspecified atom stereocenters. The second-order valence-electron chi connectivity index (χ2n) is 7.39. The predicted octanol–water partition coefficient (Wildman–Crippen LogP) is 4.16. The van der Waals surface area contributed by atoms with E-state index in [1.807, 2.05) is 0 Å². The molecule has 0 radical (unpaired) electrons. The van der Waals surface area contributed by atoms with Crippen LogP contribution in [0.2, 0.25) is 0 Å². The van der Waals surface area contributed by atoms with Crippen molar-refractivity contribution in [2.75, 3.05) is 13.1 Å². The minimum atomic E-state index is -3.69. The predicted molar refractivity (Wildman–Crippen MR) is 92.5 cm³/mol. The third-order valence-corrected chi connectivity index (χ3v) is 7.53. The SMILES string of the molecule is Cc1cc(F)c2[nH]c(S(=O)(=O)N3CCCC3)cc2c1C1CC(C(F)F)C1. The first-order chi connectivity index (χ1) is 12.3. The van der Waals surface area contributed by atoms with Gasteiger partial charge in [0.1, 0.15) is 10.8 Å². The molecule has 142 valence electrons. The Morgan fingerprint density at radius 1 is 1.19 bits per heavy atom. The van der Waals surface area contributed by atoms with Crippen molar-refractivity contribution in [2.45, 2.75) is 50.0 Å². The molecular formula is C18H21F3N2O2S. The molecule has 1 aliphatic carbocycles. The van der Waals surface area contributed by atoms with Crippen molar-refractivity contribution < 1.29 is 21.6 Å². The number of hydrogen-bond acceptors (Lipinski definition) is 2. The highest BCUT2D eigenvalue weighted by Gasteiger charge is 2.38. The average Bonchev–Trinajstić information content (AvgIpc) is 3.18. The van der Waals surface area contributed by atoms with Crippen LogP contribution in [-0.2, 0) is 10.0 Å². The van der Waals surface area contributed by atoms with Gasteiger partial charge in [0.25, 0.3) is 10.0 Å². The fraction of sp³-hybridized carbons (Fsp3) is 0.556. The van der Waals surface area contributed by atoms with Crippen LogP contribution < -0.4 is 0 Å². The zero-order valence-corrected chi connectivity index (χ0v) is 15.3. The number of alkyl halides is 2. The second-order valence-corrected chi connectivity index (χ2v) is 9.29. The summed E-state index contributed by atoms with van der Waals surface area (Å²) in [6, 6.07) is 2.83. The lowest BCUT2D eigenvalue weighted by atomic mass is 9.70. The molecule has 1 aliphatic heterocycles. The maximum absolute atomic E-state index is 14.4. The molecule has 2 fully saturated rings. The van der Waals surface area contributed by atoms with Crippen molar-refractivity contribution in [1.29, 1.82) is 0 Å². The Kier molecular flexibility index (Phi) is 4.30. The fourth-order valence-electron chi connectivity index (χ4n) is 4.23. The molecule has 0 amide bonds. The number of halogens is 3. The number of aromatic nitrogens is 1. The van der Waals surface area contributed by atoms with Gasteiger partial charge in [-0.2, -0.15) is 4.31 Å². The number of sulfonamides is 1. The molecule has 1 saturated heterocycles. The van der Waals surface area contributed by atoms with Crippen LogP contribution in [0.15, 0.2) is 17.2 Å². The van der Waals surface area contributed by atoms with Crippen LogP contribution in [0.1, 0.15) is 42.7 Å². The quantitative estimate of drug-likeness (QED) is 0.858. The largest absolute Gasteiger partial charge is 0.342 e. The molecule has 4 rings (SSSR count). The lowest BCUT2D eigenvalue weighted by Gasteiger charge is -2.36. The van der Waals surface area contributed by atoms with E-state index in [9.17, 15) is 21.6 Å². The summed E-state index contributed by atoms with van der Waals surface area (Å²) in [6.07, 6.45) is -0.0262. The van der Waals surface area contributed by atoms with E-state index in [-0.39, 0.29) is 16.5 Å². The third kappa shape index (κ3) is 2.74. The van der Waals surface area contributed by atoms with Gasteiger partial charge >= 0.3 is 0 Å². The van der Waals surface area contributed by atoms with Crippen LogP contribution >= 0.6 is 0 Å². The first-order valence-electron chi connectivity index (χ1n) is 8.89. The van der Waals surface area contributed by atoms with Crippen molar-refractivity contribution in [1.82, 2.24) is 9.29 Å². The molecule has 26 heavy (non-hydrogen) atoms. The van der Waals surface area contributed by atoms with Crippen LogP contribution in [0.25, 0.3) is 10.9 Å². The molecule has 2 aliphatic rings. The standard InChI is InChI=1S/C18H21F3N2O2S/c1-10-6-14(19)17-13(16(10)11-7-12(8-11)18(20)21)9-15(22-17)26(24,25)23-4-2-3-5-23/h6,9,11-12,18,22H,2-5,7-8H2,1H3. The van der Waals surface area contributed by atoms with Gasteiger partial charge in [0, 0.05) is 24.4 Å². The van der Waals surface area contributed by atoms with E-state index in [1.54, 1.807) is 6.92 Å². The summed E-state index contributed by atoms with van der Waals surface area (Å²) in [6.45, 7) is 2.67. The van der Waals surface area contributed by atoms with E-state index in [4.69, 9.17) is 0 Å². The van der Waals surface area contributed by atoms with E-state index in [2.05, 4.69) is 4.98 Å². The zero-order chi connectivity index (χ0) is 18.6. The molecule has 0 spiro atoms. The minimum absolute atomic E-state index is 0.0233. The summed E-state index contributed by atoms with van der Waals surface area (Å²) in [4.78, 5) is 2.73. The fourth-order valence-corrected chi connectivity index (χ4v) is 5.75. The van der Waals surface area contributed by atoms with Crippen LogP contribution in [0.5, 0.6) is 0 Å². The van der Waals surface area contributed by atoms with E-state index in [0.29, 0.717) is 36.9 Å². The summed E-state index contributed by atoms with van der Waals surface area (Å²) in [5.74, 6) is -1.24. The van der Waals surface area contributed by atoms with Crippen molar-refractivity contribution >= 4 is 20.9 Å². The highest BCUT2D eigenvalue weighted by atomic mass is 32.2. The van der Waals surface area contributed by atoms with Crippen molar-refractivity contribution in [3.8, 4) is 0 Å². The number of hydrogen-bond donors (Lipinski definition) is 1. The lowest BCUT2D eigenvalue weighted by molar-refractivity contribution is 0.0227. The summed E-state index contributed by atoms with van der Waals surface area (Å²) in [7, 11) is -3.69. The molecule has 8 heteroatoms. The smallest absolute Gasteiger partial charge is 0.258 e. The molecule has 0 bridgehead atoms. The van der Waals surface area contributed by atoms with Gasteiger partial charge < -0.3 is 4.98 Å². The lowest BCUT2D eigenvalue weighted by Crippen LogP contribution is -2.28. The normalized spacial score (nSPS) is 24.5. The van der Waals surface area contributed by atoms with Gasteiger partial charge in [-0.3, -0.25) is 0 Å². The Morgan fingerprint density at radius 2 is 1.85 bits per heavy atom.